The van der Waals surface area contributed by atoms with Crippen molar-refractivity contribution in [3.8, 4) is 0 Å². The number of carbonyl (C=O) groups is 2. The molecule has 0 aromatic heterocycles. The Hall–Kier alpha value is -3.02. The summed E-state index contributed by atoms with van der Waals surface area (Å²) in [7, 11) is 3.86. The van der Waals surface area contributed by atoms with Gasteiger partial charge >= 0.3 is 6.03 Å². The number of hydrogen-bond acceptors (Lipinski definition) is 3. The molecule has 3 amide bonds. The summed E-state index contributed by atoms with van der Waals surface area (Å²) in [6.45, 7) is 10.1. The minimum Gasteiger partial charge on any atom is -0.377 e. The Balaban J connectivity index is 1.85. The summed E-state index contributed by atoms with van der Waals surface area (Å²) in [5.41, 5.74) is 5.16. The van der Waals surface area contributed by atoms with Gasteiger partial charge in [-0.05, 0) is 60.4 Å². The lowest BCUT2D eigenvalue weighted by Crippen LogP contribution is -2.36. The summed E-state index contributed by atoms with van der Waals surface area (Å²) in [6, 6.07) is 11.4. The van der Waals surface area contributed by atoms with Gasteiger partial charge < -0.3 is 20.4 Å². The lowest BCUT2D eigenvalue weighted by molar-refractivity contribution is 0.0725. The number of nitrogens with one attached hydrogen (secondary N) is 2. The highest BCUT2D eigenvalue weighted by Gasteiger charge is 2.23. The molecule has 0 spiro atoms. The fraction of sp³-hybridized carbons (Fsp3) is 0.481. The molecule has 1 saturated heterocycles. The number of carbonyl (C=O) groups excluding carboxylic acids is 2. The van der Waals surface area contributed by atoms with E-state index in [4.69, 9.17) is 0 Å². The largest absolute Gasteiger partial charge is 0.377 e. The Bertz CT molecular complexity index is 965. The Morgan fingerprint density at radius 2 is 1.48 bits per heavy atom. The molecule has 2 aromatic carbocycles. The van der Waals surface area contributed by atoms with E-state index in [1.807, 2.05) is 42.1 Å². The maximum absolute atomic E-state index is 13.3. The highest BCUT2D eigenvalue weighted by Crippen LogP contribution is 2.33. The predicted molar refractivity (Wildman–Crippen MR) is 138 cm³/mol. The zero-order valence-electron chi connectivity index (χ0n) is 20.9. The molecule has 178 valence electrons. The van der Waals surface area contributed by atoms with E-state index in [-0.39, 0.29) is 23.8 Å². The number of hydrogen-bond donors (Lipinski definition) is 2. The van der Waals surface area contributed by atoms with Crippen molar-refractivity contribution in [1.29, 1.82) is 0 Å². The molecule has 33 heavy (non-hydrogen) atoms. The highest BCUT2D eigenvalue weighted by atomic mass is 16.2. The van der Waals surface area contributed by atoms with E-state index in [1.165, 1.54) is 6.42 Å². The summed E-state index contributed by atoms with van der Waals surface area (Å²) < 4.78 is 0. The second kappa shape index (κ2) is 10.7. The number of benzene rings is 2. The molecule has 1 fully saturated rings. The molecule has 1 heterocycles. The molecule has 1 aliphatic rings. The van der Waals surface area contributed by atoms with Crippen LogP contribution >= 0.6 is 0 Å². The maximum Gasteiger partial charge on any atom is 0.323 e. The van der Waals surface area contributed by atoms with Gasteiger partial charge in [0.15, 0.2) is 0 Å². The second-order valence-corrected chi connectivity index (χ2v) is 9.68. The van der Waals surface area contributed by atoms with Crippen LogP contribution in [0, 0.1) is 0 Å². The maximum atomic E-state index is 13.3. The van der Waals surface area contributed by atoms with Crippen LogP contribution in [0.1, 0.15) is 80.3 Å². The molecule has 0 saturated carbocycles. The molecule has 0 atom stereocenters. The zero-order chi connectivity index (χ0) is 24.1. The molecular formula is C27H38N4O2. The molecule has 1 aliphatic heterocycles. The van der Waals surface area contributed by atoms with Gasteiger partial charge in [0, 0.05) is 44.2 Å². The Morgan fingerprint density at radius 3 is 2.03 bits per heavy atom. The number of urea groups is 1. The topological polar surface area (TPSA) is 64.7 Å². The van der Waals surface area contributed by atoms with E-state index in [2.05, 4.69) is 50.5 Å². The SMILES string of the molecule is CC(C)c1cccc(C(C)C)c1NC(=O)Nc1ccc(N(C)C)c(C(=O)N2CCCCC2)c1. The van der Waals surface area contributed by atoms with Gasteiger partial charge in [-0.1, -0.05) is 45.9 Å². The van der Waals surface area contributed by atoms with Gasteiger partial charge in [0.05, 0.1) is 5.56 Å². The van der Waals surface area contributed by atoms with E-state index in [0.29, 0.717) is 11.3 Å². The zero-order valence-corrected chi connectivity index (χ0v) is 20.9. The number of likely N-dealkylation sites (tertiary alicyclic amines) is 1. The highest BCUT2D eigenvalue weighted by molar-refractivity contribution is 6.04. The Kier molecular flexibility index (Phi) is 8.01. The van der Waals surface area contributed by atoms with Crippen molar-refractivity contribution in [1.82, 2.24) is 4.90 Å². The van der Waals surface area contributed by atoms with Crippen molar-refractivity contribution in [2.45, 2.75) is 58.8 Å². The fourth-order valence-corrected chi connectivity index (χ4v) is 4.41. The Labute approximate surface area is 198 Å². The fourth-order valence-electron chi connectivity index (χ4n) is 4.41. The summed E-state index contributed by atoms with van der Waals surface area (Å²) in [5, 5.41) is 6.03. The van der Waals surface area contributed by atoms with Crippen LogP contribution in [0.15, 0.2) is 36.4 Å². The first kappa shape index (κ1) is 24.6. The minimum atomic E-state index is -0.307. The monoisotopic (exact) mass is 450 g/mol. The van der Waals surface area contributed by atoms with Gasteiger partial charge in [0.25, 0.3) is 5.91 Å². The van der Waals surface area contributed by atoms with Crippen LogP contribution in [-0.2, 0) is 0 Å². The summed E-state index contributed by atoms with van der Waals surface area (Å²) in [6.07, 6.45) is 3.25. The third-order valence-corrected chi connectivity index (χ3v) is 6.22. The molecule has 0 aliphatic carbocycles. The average Bonchev–Trinajstić information content (AvgIpc) is 2.78. The lowest BCUT2D eigenvalue weighted by Gasteiger charge is -2.28. The number of piperidine rings is 1. The molecule has 6 heteroatoms. The standard InChI is InChI=1S/C27H38N4O2/c1-18(2)21-11-10-12-22(19(3)4)25(21)29-27(33)28-20-13-14-24(30(5)6)23(17-20)26(32)31-15-8-7-9-16-31/h10-14,17-19H,7-9,15-16H2,1-6H3,(H2,28,29,33). The molecule has 0 radical (unpaired) electrons. The summed E-state index contributed by atoms with van der Waals surface area (Å²) >= 11 is 0. The average molecular weight is 451 g/mol. The van der Waals surface area contributed by atoms with Gasteiger partial charge in [-0.2, -0.15) is 0 Å². The van der Waals surface area contributed by atoms with Crippen molar-refractivity contribution in [3.63, 3.8) is 0 Å². The quantitative estimate of drug-likeness (QED) is 0.545. The lowest BCUT2D eigenvalue weighted by atomic mass is 9.93. The molecule has 3 rings (SSSR count). The van der Waals surface area contributed by atoms with Crippen molar-refractivity contribution >= 4 is 29.0 Å². The number of amides is 3. The summed E-state index contributed by atoms with van der Waals surface area (Å²) in [5.74, 6) is 0.592. The predicted octanol–water partition coefficient (Wildman–Crippen LogP) is 6.27. The van der Waals surface area contributed by atoms with Gasteiger partial charge in [0.2, 0.25) is 0 Å². The number of para-hydroxylation sites is 1. The Morgan fingerprint density at radius 1 is 0.879 bits per heavy atom. The first-order valence-electron chi connectivity index (χ1n) is 12.0. The smallest absolute Gasteiger partial charge is 0.323 e. The summed E-state index contributed by atoms with van der Waals surface area (Å²) in [4.78, 5) is 30.1. The van der Waals surface area contributed by atoms with E-state index < -0.39 is 0 Å². The van der Waals surface area contributed by atoms with Crippen molar-refractivity contribution in [2.75, 3.05) is 42.7 Å². The van der Waals surface area contributed by atoms with Crippen molar-refractivity contribution in [3.05, 3.63) is 53.1 Å². The first-order valence-corrected chi connectivity index (χ1v) is 12.0. The molecular weight excluding hydrogens is 412 g/mol. The number of rotatable bonds is 6. The normalized spacial score (nSPS) is 13.9. The van der Waals surface area contributed by atoms with E-state index in [9.17, 15) is 9.59 Å². The van der Waals surface area contributed by atoms with Crippen LogP contribution in [-0.4, -0.2) is 44.0 Å². The van der Waals surface area contributed by atoms with Gasteiger partial charge in [-0.25, -0.2) is 4.79 Å². The first-order chi connectivity index (χ1) is 15.7. The van der Waals surface area contributed by atoms with E-state index in [1.54, 1.807) is 6.07 Å². The molecule has 6 nitrogen and oxygen atoms in total. The van der Waals surface area contributed by atoms with Gasteiger partial charge in [-0.3, -0.25) is 4.79 Å². The van der Waals surface area contributed by atoms with Crippen molar-refractivity contribution in [2.24, 2.45) is 0 Å². The van der Waals surface area contributed by atoms with Crippen LogP contribution < -0.4 is 15.5 Å². The molecule has 0 bridgehead atoms. The molecule has 2 N–H and O–H groups in total. The minimum absolute atomic E-state index is 0.0229. The third-order valence-electron chi connectivity index (χ3n) is 6.22. The van der Waals surface area contributed by atoms with E-state index >= 15 is 0 Å². The second-order valence-electron chi connectivity index (χ2n) is 9.68. The van der Waals surface area contributed by atoms with Crippen LogP contribution in [0.4, 0.5) is 21.9 Å². The van der Waals surface area contributed by atoms with Gasteiger partial charge in [0.1, 0.15) is 0 Å². The van der Waals surface area contributed by atoms with E-state index in [0.717, 1.165) is 48.4 Å². The number of nitrogens with zero attached hydrogens (tertiary/aromatic N) is 2. The third kappa shape index (κ3) is 5.86. The molecule has 2 aromatic rings. The van der Waals surface area contributed by atoms with Crippen LogP contribution in [0.5, 0.6) is 0 Å². The van der Waals surface area contributed by atoms with Crippen LogP contribution in [0.3, 0.4) is 0 Å². The van der Waals surface area contributed by atoms with Crippen molar-refractivity contribution < 1.29 is 9.59 Å². The number of anilines is 3. The molecule has 0 unspecified atom stereocenters. The van der Waals surface area contributed by atoms with Gasteiger partial charge in [-0.15, -0.1) is 0 Å². The van der Waals surface area contributed by atoms with Crippen LogP contribution in [0.2, 0.25) is 0 Å². The van der Waals surface area contributed by atoms with Crippen LogP contribution in [0.25, 0.3) is 0 Å².